The highest BCUT2D eigenvalue weighted by Crippen LogP contribution is 2.30. The van der Waals surface area contributed by atoms with Gasteiger partial charge in [0, 0.05) is 27.1 Å². The Bertz CT molecular complexity index is 1210. The maximum absolute atomic E-state index is 13.2. The Labute approximate surface area is 176 Å². The van der Waals surface area contributed by atoms with E-state index >= 15 is 0 Å². The minimum atomic E-state index is 0.124. The highest BCUT2D eigenvalue weighted by Gasteiger charge is 2.12. The first-order valence-electron chi connectivity index (χ1n) is 9.97. The summed E-state index contributed by atoms with van der Waals surface area (Å²) in [7, 11) is 4.19. The molecule has 0 amide bonds. The van der Waals surface area contributed by atoms with Gasteiger partial charge in [0.15, 0.2) is 5.43 Å². The summed E-state index contributed by atoms with van der Waals surface area (Å²) in [6.07, 6.45) is 1.03. The average molecular weight is 403 g/mol. The molecule has 0 saturated heterocycles. The molecule has 0 saturated carbocycles. The summed E-state index contributed by atoms with van der Waals surface area (Å²) < 4.78 is 2.32. The van der Waals surface area contributed by atoms with E-state index < -0.39 is 0 Å². The highest BCUT2D eigenvalue weighted by atomic mass is 32.2. The Hall–Kier alpha value is -2.56. The lowest BCUT2D eigenvalue weighted by atomic mass is 10.1. The molecule has 0 N–H and O–H groups in total. The molecule has 1 heterocycles. The number of aryl methyl sites for hydroxylation is 2. The number of pyridine rings is 1. The van der Waals surface area contributed by atoms with Crippen LogP contribution in [0.4, 0.5) is 0 Å². The van der Waals surface area contributed by atoms with Gasteiger partial charge in [-0.05, 0) is 76.4 Å². The van der Waals surface area contributed by atoms with E-state index in [9.17, 15) is 4.79 Å². The number of aromatic nitrogens is 1. The van der Waals surface area contributed by atoms with Gasteiger partial charge in [-0.3, -0.25) is 4.79 Å². The molecule has 0 radical (unpaired) electrons. The zero-order valence-corrected chi connectivity index (χ0v) is 18.0. The third kappa shape index (κ3) is 4.24. The maximum atomic E-state index is 13.2. The van der Waals surface area contributed by atoms with Crippen molar-refractivity contribution in [3.05, 3.63) is 82.5 Å². The van der Waals surface area contributed by atoms with Gasteiger partial charge in [-0.15, -0.1) is 0 Å². The van der Waals surface area contributed by atoms with E-state index in [0.717, 1.165) is 51.8 Å². The summed E-state index contributed by atoms with van der Waals surface area (Å²) in [5, 5.41) is 1.61. The Morgan fingerprint density at radius 3 is 2.41 bits per heavy atom. The lowest BCUT2D eigenvalue weighted by Gasteiger charge is -2.17. The van der Waals surface area contributed by atoms with Gasteiger partial charge in [-0.2, -0.15) is 0 Å². The van der Waals surface area contributed by atoms with Crippen molar-refractivity contribution in [1.82, 2.24) is 9.47 Å². The molecule has 148 valence electrons. The van der Waals surface area contributed by atoms with Gasteiger partial charge in [0.1, 0.15) is 0 Å². The molecule has 0 unspecified atom stereocenters. The second-order valence-corrected chi connectivity index (χ2v) is 8.90. The van der Waals surface area contributed by atoms with Gasteiger partial charge in [0.25, 0.3) is 0 Å². The molecule has 0 fully saturated rings. The largest absolute Gasteiger partial charge is 0.340 e. The molecule has 29 heavy (non-hydrogen) atoms. The van der Waals surface area contributed by atoms with Gasteiger partial charge >= 0.3 is 0 Å². The fraction of sp³-hybridized carbons (Fsp3) is 0.240. The average Bonchev–Trinajstić information content (AvgIpc) is 2.71. The minimum Gasteiger partial charge on any atom is -0.340 e. The van der Waals surface area contributed by atoms with Crippen LogP contribution in [0.1, 0.15) is 12.0 Å². The molecule has 0 atom stereocenters. The van der Waals surface area contributed by atoms with Gasteiger partial charge in [0.2, 0.25) is 0 Å². The molecule has 3 aromatic carbocycles. The first-order chi connectivity index (χ1) is 14.0. The summed E-state index contributed by atoms with van der Waals surface area (Å²) in [4.78, 5) is 17.8. The molecule has 0 spiro atoms. The Morgan fingerprint density at radius 2 is 1.66 bits per heavy atom. The Kier molecular flexibility index (Phi) is 5.74. The van der Waals surface area contributed by atoms with Crippen LogP contribution in [0.2, 0.25) is 0 Å². The van der Waals surface area contributed by atoms with E-state index in [1.54, 1.807) is 11.8 Å². The zero-order valence-electron chi connectivity index (χ0n) is 17.2. The fourth-order valence-corrected chi connectivity index (χ4v) is 4.61. The van der Waals surface area contributed by atoms with E-state index in [1.807, 2.05) is 25.1 Å². The van der Waals surface area contributed by atoms with Crippen LogP contribution in [0.5, 0.6) is 0 Å². The summed E-state index contributed by atoms with van der Waals surface area (Å²) in [5.41, 5.74) is 3.28. The van der Waals surface area contributed by atoms with Gasteiger partial charge < -0.3 is 9.47 Å². The molecular formula is C25H26N2OS. The van der Waals surface area contributed by atoms with Crippen molar-refractivity contribution >= 4 is 33.6 Å². The monoisotopic (exact) mass is 402 g/mol. The van der Waals surface area contributed by atoms with Crippen LogP contribution in [0.25, 0.3) is 21.8 Å². The van der Waals surface area contributed by atoms with E-state index in [0.29, 0.717) is 0 Å². The molecule has 0 aliphatic rings. The predicted octanol–water partition coefficient (Wildman–Crippen LogP) is 5.57. The van der Waals surface area contributed by atoms with Gasteiger partial charge in [0.05, 0.1) is 11.0 Å². The Balaban J connectivity index is 1.88. The van der Waals surface area contributed by atoms with Crippen molar-refractivity contribution in [2.75, 3.05) is 20.6 Å². The number of hydrogen-bond donors (Lipinski definition) is 0. The van der Waals surface area contributed by atoms with Crippen LogP contribution in [-0.4, -0.2) is 30.1 Å². The van der Waals surface area contributed by atoms with Crippen LogP contribution in [0.15, 0.2) is 81.3 Å². The number of fused-ring (bicyclic) bond motifs is 2. The summed E-state index contributed by atoms with van der Waals surface area (Å²) in [5.74, 6) is 0. The number of nitrogens with zero attached hydrogens (tertiary/aromatic N) is 2. The van der Waals surface area contributed by atoms with Gasteiger partial charge in [-0.25, -0.2) is 0 Å². The maximum Gasteiger partial charge on any atom is 0.197 e. The molecule has 4 rings (SSSR count). The van der Waals surface area contributed by atoms with Crippen LogP contribution in [0, 0.1) is 6.92 Å². The van der Waals surface area contributed by atoms with Crippen molar-refractivity contribution in [2.45, 2.75) is 29.7 Å². The second-order valence-electron chi connectivity index (χ2n) is 7.75. The SMILES string of the molecule is Cc1ccc2c(c1)c(=O)c1ccc(Sc3ccccc3)cc1n2CCCN(C)C. The third-order valence-corrected chi connectivity index (χ3v) is 6.16. The topological polar surface area (TPSA) is 25.2 Å². The molecule has 0 aliphatic heterocycles. The minimum absolute atomic E-state index is 0.124. The van der Waals surface area contributed by atoms with E-state index in [2.05, 4.69) is 72.1 Å². The molecule has 0 bridgehead atoms. The van der Waals surface area contributed by atoms with Crippen molar-refractivity contribution < 1.29 is 0 Å². The highest BCUT2D eigenvalue weighted by molar-refractivity contribution is 7.99. The summed E-state index contributed by atoms with van der Waals surface area (Å²) >= 11 is 1.73. The number of rotatable bonds is 6. The first-order valence-corrected chi connectivity index (χ1v) is 10.8. The smallest absolute Gasteiger partial charge is 0.197 e. The van der Waals surface area contributed by atoms with Gasteiger partial charge in [-0.1, -0.05) is 41.6 Å². The molecule has 4 heteroatoms. The van der Waals surface area contributed by atoms with Crippen LogP contribution >= 0.6 is 11.8 Å². The van der Waals surface area contributed by atoms with E-state index in [1.165, 1.54) is 4.90 Å². The molecule has 3 nitrogen and oxygen atoms in total. The normalized spacial score (nSPS) is 11.6. The Morgan fingerprint density at radius 1 is 0.862 bits per heavy atom. The molecule has 4 aromatic rings. The number of benzene rings is 3. The molecule has 0 aliphatic carbocycles. The quantitative estimate of drug-likeness (QED) is 0.395. The van der Waals surface area contributed by atoms with Crippen molar-refractivity contribution in [2.24, 2.45) is 0 Å². The van der Waals surface area contributed by atoms with E-state index in [4.69, 9.17) is 0 Å². The number of hydrogen-bond acceptors (Lipinski definition) is 3. The summed E-state index contributed by atoms with van der Waals surface area (Å²) in [6, 6.07) is 22.8. The summed E-state index contributed by atoms with van der Waals surface area (Å²) in [6.45, 7) is 3.94. The van der Waals surface area contributed by atoms with Crippen LogP contribution < -0.4 is 5.43 Å². The van der Waals surface area contributed by atoms with Crippen LogP contribution in [-0.2, 0) is 6.54 Å². The van der Waals surface area contributed by atoms with Crippen molar-refractivity contribution in [3.8, 4) is 0 Å². The standard InChI is InChI=1S/C25H26N2OS/c1-18-10-13-23-22(16-18)25(28)21-12-11-20(29-19-8-5-4-6-9-19)17-24(21)27(23)15-7-14-26(2)3/h4-6,8-13,16-17H,7,14-15H2,1-3H3. The van der Waals surface area contributed by atoms with E-state index in [-0.39, 0.29) is 5.43 Å². The lowest BCUT2D eigenvalue weighted by molar-refractivity contribution is 0.389. The molecular weight excluding hydrogens is 376 g/mol. The lowest BCUT2D eigenvalue weighted by Crippen LogP contribution is -2.17. The molecule has 1 aromatic heterocycles. The van der Waals surface area contributed by atoms with Crippen molar-refractivity contribution in [1.29, 1.82) is 0 Å². The third-order valence-electron chi connectivity index (χ3n) is 5.16. The van der Waals surface area contributed by atoms with Crippen molar-refractivity contribution in [3.63, 3.8) is 0 Å². The second kappa shape index (κ2) is 8.44. The predicted molar refractivity (Wildman–Crippen MR) is 124 cm³/mol. The zero-order chi connectivity index (χ0) is 20.4. The first kappa shape index (κ1) is 19.7. The fourth-order valence-electron chi connectivity index (χ4n) is 3.74. The van der Waals surface area contributed by atoms with Crippen LogP contribution in [0.3, 0.4) is 0 Å².